The number of carbonyl (C=O) groups excluding carboxylic acids is 3. The van der Waals surface area contributed by atoms with Gasteiger partial charge in [0, 0.05) is 19.0 Å². The van der Waals surface area contributed by atoms with E-state index in [9.17, 15) is 23.9 Å². The Morgan fingerprint density at radius 1 is 1.25 bits per heavy atom. The Labute approximate surface area is 141 Å². The molecule has 0 aromatic heterocycles. The number of nitrogens with one attached hydrogen (secondary N) is 2. The monoisotopic (exact) mass is 346 g/mol. The van der Waals surface area contributed by atoms with Crippen LogP contribution in [0.2, 0.25) is 0 Å². The maximum atomic E-state index is 13.4. The summed E-state index contributed by atoms with van der Waals surface area (Å²) in [5.41, 5.74) is -4.09. The van der Waals surface area contributed by atoms with Crippen LogP contribution in [0.5, 0.6) is 0 Å². The summed E-state index contributed by atoms with van der Waals surface area (Å²) in [6.07, 6.45) is 0.482. The number of methoxy groups -OCH3 is 1. The van der Waals surface area contributed by atoms with Crippen LogP contribution in [0.3, 0.4) is 0 Å². The summed E-state index contributed by atoms with van der Waals surface area (Å²) in [5.74, 6) is -1.58. The Hall–Kier alpha value is -1.70. The molecule has 0 aromatic rings. The summed E-state index contributed by atoms with van der Waals surface area (Å²) in [6.45, 7) is 5.44. The molecule has 24 heavy (non-hydrogen) atoms. The zero-order valence-corrected chi connectivity index (χ0v) is 14.9. The van der Waals surface area contributed by atoms with Crippen molar-refractivity contribution < 1.29 is 28.6 Å². The van der Waals surface area contributed by atoms with E-state index < -0.39 is 28.6 Å². The van der Waals surface area contributed by atoms with Crippen molar-refractivity contribution in [1.82, 2.24) is 10.6 Å². The van der Waals surface area contributed by atoms with Crippen molar-refractivity contribution in [1.29, 1.82) is 0 Å². The lowest BCUT2D eigenvalue weighted by atomic mass is 9.75. The average Bonchev–Trinajstić information content (AvgIpc) is 2.40. The zero-order valence-electron chi connectivity index (χ0n) is 14.9. The van der Waals surface area contributed by atoms with Gasteiger partial charge in [0.1, 0.15) is 0 Å². The number of hydrogen-bond donors (Lipinski definition) is 3. The number of halogens is 1. The van der Waals surface area contributed by atoms with Gasteiger partial charge in [0.05, 0.1) is 18.1 Å². The van der Waals surface area contributed by atoms with Crippen LogP contribution < -0.4 is 10.6 Å². The Morgan fingerprint density at radius 2 is 1.79 bits per heavy atom. The Balaban J connectivity index is 2.38. The molecule has 0 aliphatic heterocycles. The fourth-order valence-electron chi connectivity index (χ4n) is 2.59. The quantitative estimate of drug-likeness (QED) is 0.581. The molecule has 0 unspecified atom stereocenters. The third kappa shape index (κ3) is 5.43. The van der Waals surface area contributed by atoms with Crippen LogP contribution >= 0.6 is 0 Å². The van der Waals surface area contributed by atoms with Gasteiger partial charge in [-0.2, -0.15) is 0 Å². The fourth-order valence-corrected chi connectivity index (χ4v) is 2.59. The minimum Gasteiger partial charge on any atom is -0.469 e. The second-order valence-electron chi connectivity index (χ2n) is 7.60. The molecular formula is C16H27FN2O5. The molecule has 1 aliphatic carbocycles. The van der Waals surface area contributed by atoms with Crippen molar-refractivity contribution in [3.8, 4) is 0 Å². The predicted molar refractivity (Wildman–Crippen MR) is 84.7 cm³/mol. The van der Waals surface area contributed by atoms with Crippen LogP contribution in [0.4, 0.5) is 4.39 Å². The third-order valence-corrected chi connectivity index (χ3v) is 4.08. The van der Waals surface area contributed by atoms with Gasteiger partial charge in [0.15, 0.2) is 5.67 Å². The van der Waals surface area contributed by atoms with Gasteiger partial charge in [-0.3, -0.25) is 14.4 Å². The van der Waals surface area contributed by atoms with Gasteiger partial charge in [-0.15, -0.1) is 0 Å². The molecule has 0 aromatic carbocycles. The summed E-state index contributed by atoms with van der Waals surface area (Å²) in [5, 5.41) is 15.3. The molecule has 138 valence electrons. The largest absolute Gasteiger partial charge is 0.469 e. The molecular weight excluding hydrogens is 319 g/mol. The standard InChI is InChI=1S/C16H27FN2O5/c1-14(2,13(22)24-5)8-11(20)19-10-6-16(23,7-10)9-18-12(21)15(3,4)17/h10,23H,6-9H2,1-5H3,(H,18,21)(H,19,20). The summed E-state index contributed by atoms with van der Waals surface area (Å²) in [6, 6.07) is -0.244. The van der Waals surface area contributed by atoms with Gasteiger partial charge < -0.3 is 20.5 Å². The molecule has 3 N–H and O–H groups in total. The van der Waals surface area contributed by atoms with E-state index in [1.165, 1.54) is 7.11 Å². The van der Waals surface area contributed by atoms with E-state index in [0.29, 0.717) is 0 Å². The van der Waals surface area contributed by atoms with E-state index >= 15 is 0 Å². The van der Waals surface area contributed by atoms with Crippen LogP contribution in [0.25, 0.3) is 0 Å². The highest BCUT2D eigenvalue weighted by atomic mass is 19.1. The highest BCUT2D eigenvalue weighted by Gasteiger charge is 2.44. The summed E-state index contributed by atoms with van der Waals surface area (Å²) >= 11 is 0. The molecule has 0 heterocycles. The number of aliphatic hydroxyl groups is 1. The molecule has 8 heteroatoms. The Kier molecular flexibility index (Phi) is 5.97. The molecule has 0 spiro atoms. The number of amides is 2. The lowest BCUT2D eigenvalue weighted by Crippen LogP contribution is -2.60. The molecule has 1 saturated carbocycles. The van der Waals surface area contributed by atoms with Gasteiger partial charge in [0.2, 0.25) is 5.91 Å². The number of hydrogen-bond acceptors (Lipinski definition) is 5. The first-order valence-corrected chi connectivity index (χ1v) is 7.86. The van der Waals surface area contributed by atoms with Gasteiger partial charge >= 0.3 is 5.97 Å². The molecule has 1 fully saturated rings. The minimum atomic E-state index is -2.01. The average molecular weight is 346 g/mol. The first-order valence-electron chi connectivity index (χ1n) is 7.86. The smallest absolute Gasteiger partial charge is 0.311 e. The second kappa shape index (κ2) is 7.04. The third-order valence-electron chi connectivity index (χ3n) is 4.08. The van der Waals surface area contributed by atoms with Crippen LogP contribution in [-0.2, 0) is 19.1 Å². The van der Waals surface area contributed by atoms with Crippen LogP contribution in [0.1, 0.15) is 47.0 Å². The summed E-state index contributed by atoms with van der Waals surface area (Å²) in [4.78, 5) is 35.0. The van der Waals surface area contributed by atoms with E-state index in [0.717, 1.165) is 13.8 Å². The zero-order chi connectivity index (χ0) is 18.8. The van der Waals surface area contributed by atoms with Crippen LogP contribution in [-0.4, -0.2) is 53.9 Å². The number of alkyl halides is 1. The lowest BCUT2D eigenvalue weighted by Gasteiger charge is -2.44. The maximum Gasteiger partial charge on any atom is 0.311 e. The number of rotatable bonds is 7. The Morgan fingerprint density at radius 3 is 2.25 bits per heavy atom. The molecule has 0 saturated heterocycles. The molecule has 0 radical (unpaired) electrons. The fraction of sp³-hybridized carbons (Fsp3) is 0.812. The molecule has 0 atom stereocenters. The Bertz CT molecular complexity index is 507. The van der Waals surface area contributed by atoms with E-state index in [2.05, 4.69) is 15.4 Å². The van der Waals surface area contributed by atoms with Gasteiger partial charge in [-0.05, 0) is 40.5 Å². The van der Waals surface area contributed by atoms with Crippen molar-refractivity contribution in [3.63, 3.8) is 0 Å². The first-order chi connectivity index (χ1) is 10.8. The van der Waals surface area contributed by atoms with Crippen molar-refractivity contribution >= 4 is 17.8 Å². The highest BCUT2D eigenvalue weighted by Crippen LogP contribution is 2.32. The minimum absolute atomic E-state index is 0.0264. The molecule has 0 bridgehead atoms. The topological polar surface area (TPSA) is 105 Å². The lowest BCUT2D eigenvalue weighted by molar-refractivity contribution is -0.153. The number of esters is 1. The van der Waals surface area contributed by atoms with E-state index in [1.807, 2.05) is 0 Å². The summed E-state index contributed by atoms with van der Waals surface area (Å²) < 4.78 is 18.0. The normalized spacial score (nSPS) is 23.9. The number of carbonyl (C=O) groups is 3. The van der Waals surface area contributed by atoms with Crippen molar-refractivity contribution in [2.24, 2.45) is 5.41 Å². The molecule has 2 amide bonds. The number of ether oxygens (including phenoxy) is 1. The van der Waals surface area contributed by atoms with Gasteiger partial charge in [-0.25, -0.2) is 4.39 Å². The van der Waals surface area contributed by atoms with E-state index in [-0.39, 0.29) is 37.8 Å². The molecule has 1 aliphatic rings. The van der Waals surface area contributed by atoms with E-state index in [1.54, 1.807) is 13.8 Å². The first kappa shape index (κ1) is 20.3. The van der Waals surface area contributed by atoms with E-state index in [4.69, 9.17) is 0 Å². The maximum absolute atomic E-state index is 13.4. The SMILES string of the molecule is COC(=O)C(C)(C)CC(=O)NC1CC(O)(CNC(=O)C(C)(C)F)C1. The predicted octanol–water partition coefficient (Wildman–Crippen LogP) is 0.450. The van der Waals surface area contributed by atoms with Crippen molar-refractivity contribution in [3.05, 3.63) is 0 Å². The highest BCUT2D eigenvalue weighted by molar-refractivity contribution is 5.85. The summed E-state index contributed by atoms with van der Waals surface area (Å²) in [7, 11) is 1.26. The van der Waals surface area contributed by atoms with Crippen LogP contribution in [0.15, 0.2) is 0 Å². The van der Waals surface area contributed by atoms with Gasteiger partial charge in [0.25, 0.3) is 5.91 Å². The molecule has 7 nitrogen and oxygen atoms in total. The molecule has 1 rings (SSSR count). The van der Waals surface area contributed by atoms with Crippen molar-refractivity contribution in [2.45, 2.75) is 64.3 Å². The van der Waals surface area contributed by atoms with Crippen LogP contribution in [0, 0.1) is 5.41 Å². The van der Waals surface area contributed by atoms with Gasteiger partial charge in [-0.1, -0.05) is 0 Å². The second-order valence-corrected chi connectivity index (χ2v) is 7.60. The van der Waals surface area contributed by atoms with Crippen molar-refractivity contribution in [2.75, 3.05) is 13.7 Å².